The van der Waals surface area contributed by atoms with Crippen LogP contribution in [0.1, 0.15) is 48.9 Å². The lowest BCUT2D eigenvalue weighted by atomic mass is 10.1. The Morgan fingerprint density at radius 3 is 2.51 bits per heavy atom. The van der Waals surface area contributed by atoms with Gasteiger partial charge in [-0.15, -0.1) is 0 Å². The van der Waals surface area contributed by atoms with Crippen LogP contribution in [0.2, 0.25) is 0 Å². The monoisotopic (exact) mass is 677 g/mol. The highest BCUT2D eigenvalue weighted by Crippen LogP contribution is 2.37. The predicted octanol–water partition coefficient (Wildman–Crippen LogP) is 2.65. The Bertz CT molecular complexity index is 1470. The third-order valence-corrected chi connectivity index (χ3v) is 9.63. The zero-order chi connectivity index (χ0) is 34.8. The first-order valence-electron chi connectivity index (χ1n) is 17.4. The maximum Gasteiger partial charge on any atom is 0.328 e. The van der Waals surface area contributed by atoms with Crippen molar-refractivity contribution in [3.05, 3.63) is 42.1 Å². The highest BCUT2D eigenvalue weighted by Gasteiger charge is 2.34. The maximum atomic E-state index is 13.0. The zero-order valence-corrected chi connectivity index (χ0v) is 29.1. The molecule has 3 aliphatic rings. The molecule has 266 valence electrons. The summed E-state index contributed by atoms with van der Waals surface area (Å²) in [4.78, 5) is 56.4. The van der Waals surface area contributed by atoms with Crippen LogP contribution in [0, 0.1) is 0 Å². The Morgan fingerprint density at radius 1 is 1.10 bits per heavy atom. The highest BCUT2D eigenvalue weighted by atomic mass is 16.5. The van der Waals surface area contributed by atoms with Gasteiger partial charge in [-0.05, 0) is 70.6 Å². The molecule has 1 aromatic carbocycles. The van der Waals surface area contributed by atoms with Crippen molar-refractivity contribution in [2.75, 3.05) is 102 Å². The molecule has 5 rings (SSSR count). The summed E-state index contributed by atoms with van der Waals surface area (Å²) in [5, 5.41) is 15.0. The largest absolute Gasteiger partial charge is 0.495 e. The zero-order valence-electron chi connectivity index (χ0n) is 29.1. The van der Waals surface area contributed by atoms with E-state index >= 15 is 0 Å². The van der Waals surface area contributed by atoms with E-state index in [4.69, 9.17) is 14.8 Å². The molecule has 0 spiro atoms. The summed E-state index contributed by atoms with van der Waals surface area (Å²) in [5.74, 6) is 0.642. The summed E-state index contributed by atoms with van der Waals surface area (Å²) in [5.41, 5.74) is 1.86. The molecule has 1 aliphatic carbocycles. The SMILES string of the molecule is COc1cc(C(=O)NCCCN2CCN(CCCN(C)C/C=C/C(=O)O)CC2)ccc1Nc1ncc2c(n1)N(C1CCCC1)CC(=O)N2C. The molecule has 1 aromatic heterocycles. The number of hydrogen-bond acceptors (Lipinski definition) is 11. The minimum atomic E-state index is -0.910. The second-order valence-electron chi connectivity index (χ2n) is 13.1. The standard InChI is InChI=1S/C35H51N9O5/c1-40(15-6-11-32(46)47)16-8-18-43-21-19-42(20-22-43)17-7-14-36-34(48)26-12-13-28(30(23-26)49-3)38-35-37-24-29-33(39-35)44(25-31(45)41(29)2)27-9-4-5-10-27/h6,11-13,23-24,27H,4-5,7-10,14-22,25H2,1-3H3,(H,36,48)(H,46,47)(H,37,38,39)/b11-6+. The number of carboxylic acid groups (broad SMARTS) is 1. The van der Waals surface area contributed by atoms with E-state index in [0.717, 1.165) is 90.2 Å². The number of benzene rings is 1. The minimum Gasteiger partial charge on any atom is -0.495 e. The number of nitrogens with one attached hydrogen (secondary N) is 2. The molecule has 3 N–H and O–H groups in total. The number of piperazine rings is 1. The number of amides is 2. The molecular weight excluding hydrogens is 626 g/mol. The number of likely N-dealkylation sites (N-methyl/N-ethyl adjacent to an activating group) is 2. The van der Waals surface area contributed by atoms with Gasteiger partial charge in [0.15, 0.2) is 5.82 Å². The van der Waals surface area contributed by atoms with E-state index in [1.807, 2.05) is 7.05 Å². The van der Waals surface area contributed by atoms with Crippen LogP contribution < -0.4 is 25.2 Å². The van der Waals surface area contributed by atoms with Crippen molar-refractivity contribution in [2.24, 2.45) is 0 Å². The topological polar surface area (TPSA) is 147 Å². The van der Waals surface area contributed by atoms with Gasteiger partial charge < -0.3 is 45.0 Å². The highest BCUT2D eigenvalue weighted by molar-refractivity contribution is 6.02. The lowest BCUT2D eigenvalue weighted by Gasteiger charge is -2.37. The molecule has 0 bridgehead atoms. The first-order chi connectivity index (χ1) is 23.7. The average Bonchev–Trinajstić information content (AvgIpc) is 3.64. The van der Waals surface area contributed by atoms with Crippen molar-refractivity contribution in [1.82, 2.24) is 30.0 Å². The quantitative estimate of drug-likeness (QED) is 0.177. The second kappa shape index (κ2) is 17.4. The van der Waals surface area contributed by atoms with Crippen LogP contribution in [0.5, 0.6) is 5.75 Å². The van der Waals surface area contributed by atoms with Gasteiger partial charge in [0.25, 0.3) is 5.91 Å². The molecule has 1 saturated heterocycles. The van der Waals surface area contributed by atoms with Crippen molar-refractivity contribution in [3.63, 3.8) is 0 Å². The lowest BCUT2D eigenvalue weighted by Crippen LogP contribution is -2.48. The van der Waals surface area contributed by atoms with Gasteiger partial charge in [-0.1, -0.05) is 18.9 Å². The summed E-state index contributed by atoms with van der Waals surface area (Å²) in [6, 6.07) is 5.58. The van der Waals surface area contributed by atoms with Crippen LogP contribution in [0.15, 0.2) is 36.5 Å². The van der Waals surface area contributed by atoms with Crippen LogP contribution in [0.4, 0.5) is 23.1 Å². The fraction of sp³-hybridized carbons (Fsp3) is 0.571. The smallest absolute Gasteiger partial charge is 0.328 e. The van der Waals surface area contributed by atoms with Gasteiger partial charge in [0.1, 0.15) is 11.4 Å². The molecule has 0 atom stereocenters. The number of hydrogen-bond donors (Lipinski definition) is 3. The minimum absolute atomic E-state index is 0.0381. The van der Waals surface area contributed by atoms with Crippen molar-refractivity contribution in [3.8, 4) is 5.75 Å². The fourth-order valence-corrected chi connectivity index (χ4v) is 6.74. The van der Waals surface area contributed by atoms with E-state index in [-0.39, 0.29) is 11.8 Å². The summed E-state index contributed by atoms with van der Waals surface area (Å²) < 4.78 is 5.63. The third-order valence-electron chi connectivity index (χ3n) is 9.63. The number of aromatic nitrogens is 2. The van der Waals surface area contributed by atoms with E-state index in [2.05, 4.69) is 35.2 Å². The van der Waals surface area contributed by atoms with Gasteiger partial charge in [-0.25, -0.2) is 9.78 Å². The Hall–Kier alpha value is -4.27. The van der Waals surface area contributed by atoms with Crippen LogP contribution in [0.25, 0.3) is 0 Å². The Labute approximate surface area is 289 Å². The average molecular weight is 678 g/mol. The third kappa shape index (κ3) is 9.89. The summed E-state index contributed by atoms with van der Waals surface area (Å²) in [7, 11) is 5.34. The number of anilines is 4. The molecule has 2 amide bonds. The Balaban J connectivity index is 1.05. The van der Waals surface area contributed by atoms with E-state index < -0.39 is 5.97 Å². The number of rotatable bonds is 16. The van der Waals surface area contributed by atoms with E-state index in [0.29, 0.717) is 54.3 Å². The molecule has 2 aromatic rings. The Kier molecular flexibility index (Phi) is 12.8. The predicted molar refractivity (Wildman–Crippen MR) is 190 cm³/mol. The molecule has 1 saturated carbocycles. The number of nitrogens with zero attached hydrogens (tertiary/aromatic N) is 7. The fourth-order valence-electron chi connectivity index (χ4n) is 6.74. The van der Waals surface area contributed by atoms with Gasteiger partial charge in [-0.3, -0.25) is 9.59 Å². The van der Waals surface area contributed by atoms with E-state index in [9.17, 15) is 14.4 Å². The van der Waals surface area contributed by atoms with Crippen molar-refractivity contribution in [2.45, 2.75) is 44.6 Å². The van der Waals surface area contributed by atoms with Gasteiger partial charge in [0.2, 0.25) is 11.9 Å². The van der Waals surface area contributed by atoms with E-state index in [1.165, 1.54) is 6.08 Å². The first-order valence-corrected chi connectivity index (χ1v) is 17.4. The van der Waals surface area contributed by atoms with E-state index in [1.54, 1.807) is 49.5 Å². The van der Waals surface area contributed by atoms with Crippen molar-refractivity contribution < 1.29 is 24.2 Å². The van der Waals surface area contributed by atoms with Crippen LogP contribution >= 0.6 is 0 Å². The molecule has 0 radical (unpaired) electrons. The molecule has 49 heavy (non-hydrogen) atoms. The maximum absolute atomic E-state index is 13.0. The number of carbonyl (C=O) groups is 3. The summed E-state index contributed by atoms with van der Waals surface area (Å²) >= 11 is 0. The Morgan fingerprint density at radius 2 is 1.82 bits per heavy atom. The lowest BCUT2D eigenvalue weighted by molar-refractivity contribution is -0.131. The number of aliphatic carboxylic acids is 1. The van der Waals surface area contributed by atoms with Gasteiger partial charge in [0, 0.05) is 64.0 Å². The second-order valence-corrected chi connectivity index (χ2v) is 13.1. The molecule has 14 nitrogen and oxygen atoms in total. The van der Waals surface area contributed by atoms with Crippen LogP contribution in [-0.4, -0.2) is 140 Å². The summed E-state index contributed by atoms with van der Waals surface area (Å²) in [6.07, 6.45) is 10.9. The number of carbonyl (C=O) groups excluding carboxylic acids is 2. The van der Waals surface area contributed by atoms with Gasteiger partial charge in [-0.2, -0.15) is 4.98 Å². The van der Waals surface area contributed by atoms with Crippen LogP contribution in [-0.2, 0) is 9.59 Å². The van der Waals surface area contributed by atoms with Crippen molar-refractivity contribution in [1.29, 1.82) is 0 Å². The van der Waals surface area contributed by atoms with Crippen molar-refractivity contribution >= 4 is 40.9 Å². The number of carboxylic acids is 1. The molecular formula is C35H51N9O5. The number of fused-ring (bicyclic) bond motifs is 1. The van der Waals surface area contributed by atoms with Gasteiger partial charge >= 0.3 is 5.97 Å². The molecule has 0 unspecified atom stereocenters. The number of methoxy groups -OCH3 is 1. The normalized spacial score (nSPS) is 17.6. The molecule has 2 aliphatic heterocycles. The summed E-state index contributed by atoms with van der Waals surface area (Å²) in [6.45, 7) is 8.52. The molecule has 14 heteroatoms. The first kappa shape index (κ1) is 36.0. The molecule has 2 fully saturated rings. The van der Waals surface area contributed by atoms with Crippen LogP contribution in [0.3, 0.4) is 0 Å². The molecule has 3 heterocycles. The van der Waals surface area contributed by atoms with Gasteiger partial charge in [0.05, 0.1) is 25.5 Å². The number of ether oxygens (including phenoxy) is 1.